The van der Waals surface area contributed by atoms with Crippen molar-refractivity contribution in [1.29, 1.82) is 0 Å². The van der Waals surface area contributed by atoms with Gasteiger partial charge in [0.15, 0.2) is 0 Å². The molecule has 20 heavy (non-hydrogen) atoms. The molecule has 0 aliphatic rings. The average Bonchev–Trinajstić information content (AvgIpc) is 2.80. The summed E-state index contributed by atoms with van der Waals surface area (Å²) in [7, 11) is -2.57. The van der Waals surface area contributed by atoms with E-state index in [1.807, 2.05) is 0 Å². The topological polar surface area (TPSA) is 74.7 Å². The largest absolute Gasteiger partial charge is 0.480 e. The highest BCUT2D eigenvalue weighted by molar-refractivity contribution is 7.91. The summed E-state index contributed by atoms with van der Waals surface area (Å²) in [4.78, 5) is 10.9. The van der Waals surface area contributed by atoms with Gasteiger partial charge in [0.1, 0.15) is 10.3 Å². The van der Waals surface area contributed by atoms with E-state index >= 15 is 0 Å². The molecule has 1 aromatic carbocycles. The Balaban J connectivity index is 2.49. The molecule has 2 rings (SSSR count). The maximum Gasteiger partial charge on any atom is 0.321 e. The summed E-state index contributed by atoms with van der Waals surface area (Å²) in [6, 6.07) is 5.47. The Hall–Kier alpha value is -1.15. The first-order valence-corrected chi connectivity index (χ1v) is 8.27. The van der Waals surface area contributed by atoms with Gasteiger partial charge in [0, 0.05) is 16.8 Å². The summed E-state index contributed by atoms with van der Waals surface area (Å²) in [6.07, 6.45) is 0. The third kappa shape index (κ3) is 2.67. The first-order valence-electron chi connectivity index (χ1n) is 5.63. The smallest absolute Gasteiger partial charge is 0.321 e. The van der Waals surface area contributed by atoms with E-state index in [9.17, 15) is 13.2 Å². The van der Waals surface area contributed by atoms with Gasteiger partial charge in [0.05, 0.1) is 0 Å². The maximum atomic E-state index is 12.4. The summed E-state index contributed by atoms with van der Waals surface area (Å²) < 4.78 is 26.5. The second kappa shape index (κ2) is 5.33. The van der Waals surface area contributed by atoms with Gasteiger partial charge in [0.25, 0.3) is 10.0 Å². The Morgan fingerprint density at radius 1 is 1.40 bits per heavy atom. The number of nitrogens with zero attached hydrogens (tertiary/aromatic N) is 1. The van der Waals surface area contributed by atoms with Crippen LogP contribution in [-0.4, -0.2) is 36.9 Å². The van der Waals surface area contributed by atoms with Crippen LogP contribution in [0, 0.1) is 0 Å². The van der Waals surface area contributed by atoms with Crippen LogP contribution in [0.25, 0.3) is 10.1 Å². The molecule has 0 bridgehead atoms. The first kappa shape index (κ1) is 15.2. The van der Waals surface area contributed by atoms with Crippen LogP contribution in [0.1, 0.15) is 6.92 Å². The Kier molecular flexibility index (Phi) is 4.06. The number of rotatable bonds is 4. The second-order valence-corrected chi connectivity index (χ2v) is 8.03. The molecule has 5 nitrogen and oxygen atoms in total. The van der Waals surface area contributed by atoms with Gasteiger partial charge in [-0.05, 0) is 36.6 Å². The van der Waals surface area contributed by atoms with Crippen molar-refractivity contribution in [2.45, 2.75) is 17.2 Å². The molecule has 0 spiro atoms. The third-order valence-corrected chi connectivity index (χ3v) is 6.72. The zero-order chi connectivity index (χ0) is 15.1. The van der Waals surface area contributed by atoms with E-state index in [1.54, 1.807) is 18.2 Å². The Bertz CT molecular complexity index is 769. The number of carbonyl (C=O) groups is 1. The highest BCUT2D eigenvalue weighted by atomic mass is 35.5. The van der Waals surface area contributed by atoms with Crippen molar-refractivity contribution in [3.8, 4) is 0 Å². The number of likely N-dealkylation sites (N-methyl/N-ethyl adjacent to an activating group) is 1. The summed E-state index contributed by atoms with van der Waals surface area (Å²) in [5.41, 5.74) is 0. The van der Waals surface area contributed by atoms with E-state index in [0.717, 1.165) is 25.7 Å². The molecule has 2 aromatic rings. The number of fused-ring (bicyclic) bond motifs is 1. The predicted octanol–water partition coefficient (Wildman–Crippen LogP) is 2.65. The van der Waals surface area contributed by atoms with Crippen LogP contribution in [0.15, 0.2) is 28.5 Å². The fraction of sp³-hybridized carbons (Fsp3) is 0.250. The fourth-order valence-electron chi connectivity index (χ4n) is 1.62. The summed E-state index contributed by atoms with van der Waals surface area (Å²) >= 11 is 6.95. The zero-order valence-corrected chi connectivity index (χ0v) is 13.1. The lowest BCUT2D eigenvalue weighted by Crippen LogP contribution is -2.39. The number of hydrogen-bond donors (Lipinski definition) is 1. The molecule has 0 aliphatic heterocycles. The molecular weight excluding hydrogens is 322 g/mol. The van der Waals surface area contributed by atoms with E-state index in [2.05, 4.69) is 0 Å². The molecule has 0 fully saturated rings. The minimum atomic E-state index is -3.83. The summed E-state index contributed by atoms with van der Waals surface area (Å²) in [6.45, 7) is 1.32. The van der Waals surface area contributed by atoms with Crippen LogP contribution in [0.3, 0.4) is 0 Å². The van der Waals surface area contributed by atoms with Crippen molar-refractivity contribution < 1.29 is 18.3 Å². The van der Waals surface area contributed by atoms with Crippen molar-refractivity contribution in [3.63, 3.8) is 0 Å². The van der Waals surface area contributed by atoms with Gasteiger partial charge < -0.3 is 5.11 Å². The number of carboxylic acid groups (broad SMARTS) is 1. The van der Waals surface area contributed by atoms with Gasteiger partial charge in [-0.2, -0.15) is 4.31 Å². The molecule has 0 aliphatic carbocycles. The number of benzene rings is 1. The first-order chi connectivity index (χ1) is 9.23. The van der Waals surface area contributed by atoms with E-state index in [1.165, 1.54) is 20.0 Å². The van der Waals surface area contributed by atoms with Crippen molar-refractivity contribution in [2.75, 3.05) is 7.05 Å². The molecule has 8 heteroatoms. The lowest BCUT2D eigenvalue weighted by Gasteiger charge is -2.19. The van der Waals surface area contributed by atoms with Crippen LogP contribution in [0.2, 0.25) is 5.02 Å². The van der Waals surface area contributed by atoms with Crippen molar-refractivity contribution in [2.24, 2.45) is 0 Å². The molecule has 1 unspecified atom stereocenters. The normalized spacial score (nSPS) is 13.8. The zero-order valence-electron chi connectivity index (χ0n) is 10.7. The van der Waals surface area contributed by atoms with Crippen molar-refractivity contribution >= 4 is 49.0 Å². The van der Waals surface area contributed by atoms with Gasteiger partial charge in [-0.1, -0.05) is 11.6 Å². The monoisotopic (exact) mass is 333 g/mol. The maximum absolute atomic E-state index is 12.4. The van der Waals surface area contributed by atoms with Crippen LogP contribution in [0.4, 0.5) is 0 Å². The number of sulfonamides is 1. The SMILES string of the molecule is CC(C(=O)O)N(C)S(=O)(=O)c1cc2cc(Cl)ccc2s1. The number of aliphatic carboxylic acids is 1. The lowest BCUT2D eigenvalue weighted by atomic mass is 10.3. The molecule has 0 radical (unpaired) electrons. The highest BCUT2D eigenvalue weighted by Crippen LogP contribution is 2.32. The lowest BCUT2D eigenvalue weighted by molar-refractivity contribution is -0.140. The molecule has 0 amide bonds. The number of hydrogen-bond acceptors (Lipinski definition) is 4. The van der Waals surface area contributed by atoms with Crippen LogP contribution < -0.4 is 0 Å². The Labute approximate surface area is 125 Å². The van der Waals surface area contributed by atoms with Gasteiger partial charge in [-0.25, -0.2) is 8.42 Å². The molecule has 1 heterocycles. The predicted molar refractivity (Wildman–Crippen MR) is 78.9 cm³/mol. The summed E-state index contributed by atoms with van der Waals surface area (Å²) in [5.74, 6) is -1.19. The van der Waals surface area contributed by atoms with E-state index in [-0.39, 0.29) is 4.21 Å². The van der Waals surface area contributed by atoms with Crippen molar-refractivity contribution in [1.82, 2.24) is 4.31 Å². The van der Waals surface area contributed by atoms with Crippen LogP contribution >= 0.6 is 22.9 Å². The molecular formula is C12H12ClNO4S2. The van der Waals surface area contributed by atoms with Gasteiger partial charge in [0.2, 0.25) is 0 Å². The molecule has 0 saturated heterocycles. The molecule has 1 aromatic heterocycles. The number of halogens is 1. The Morgan fingerprint density at radius 3 is 2.65 bits per heavy atom. The molecule has 0 saturated carbocycles. The minimum absolute atomic E-state index is 0.102. The molecule has 1 N–H and O–H groups in total. The van der Waals surface area contributed by atoms with Crippen LogP contribution in [0.5, 0.6) is 0 Å². The summed E-state index contributed by atoms with van der Waals surface area (Å²) in [5, 5.41) is 10.2. The second-order valence-electron chi connectivity index (χ2n) is 4.28. The average molecular weight is 334 g/mol. The quantitative estimate of drug-likeness (QED) is 0.933. The van der Waals surface area contributed by atoms with E-state index in [0.29, 0.717) is 5.02 Å². The third-order valence-electron chi connectivity index (χ3n) is 2.99. The molecule has 108 valence electrons. The highest BCUT2D eigenvalue weighted by Gasteiger charge is 2.30. The van der Waals surface area contributed by atoms with Gasteiger partial charge in [-0.3, -0.25) is 4.79 Å². The minimum Gasteiger partial charge on any atom is -0.480 e. The molecule has 1 atom stereocenters. The van der Waals surface area contributed by atoms with Crippen LogP contribution in [-0.2, 0) is 14.8 Å². The fourth-order valence-corrected chi connectivity index (χ4v) is 4.69. The van der Waals surface area contributed by atoms with E-state index in [4.69, 9.17) is 16.7 Å². The number of carboxylic acids is 1. The van der Waals surface area contributed by atoms with Gasteiger partial charge in [-0.15, -0.1) is 11.3 Å². The number of thiophene rings is 1. The van der Waals surface area contributed by atoms with Crippen molar-refractivity contribution in [3.05, 3.63) is 29.3 Å². The van der Waals surface area contributed by atoms with Gasteiger partial charge >= 0.3 is 5.97 Å². The standard InChI is InChI=1S/C12H12ClNO4S2/c1-7(12(15)16)14(2)20(17,18)11-6-8-5-9(13)3-4-10(8)19-11/h3-7H,1-2H3,(H,15,16). The Morgan fingerprint density at radius 2 is 2.05 bits per heavy atom. The van der Waals surface area contributed by atoms with E-state index < -0.39 is 22.0 Å².